The molecule has 2 atom stereocenters. The van der Waals surface area contributed by atoms with Gasteiger partial charge in [-0.25, -0.2) is 0 Å². The Bertz CT molecular complexity index is 459. The van der Waals surface area contributed by atoms with E-state index < -0.39 is 28.1 Å². The Morgan fingerprint density at radius 2 is 1.80 bits per heavy atom. The molecule has 116 valence electrons. The maximum absolute atomic E-state index is 12.7. The highest BCUT2D eigenvalue weighted by Crippen LogP contribution is 2.31. The summed E-state index contributed by atoms with van der Waals surface area (Å²) in [7, 11) is -1.92. The number of carboxylic acid groups (broad SMARTS) is 1. The molecule has 2 unspecified atom stereocenters. The van der Waals surface area contributed by atoms with Crippen LogP contribution in [0, 0.1) is 5.92 Å². The standard InChI is InChI=1S/C13H24N2O4S/c1-10-12(13(16)17)8-9-15(10)20(18,19)14(2)11-6-4-3-5-7-11/h10-12H,3-9H2,1-2H3,(H,16,17). The third-order valence-electron chi connectivity index (χ3n) is 4.76. The highest BCUT2D eigenvalue weighted by molar-refractivity contribution is 7.86. The van der Waals surface area contributed by atoms with Gasteiger partial charge in [0.1, 0.15) is 0 Å². The van der Waals surface area contributed by atoms with Gasteiger partial charge in [0.05, 0.1) is 5.92 Å². The predicted octanol–water partition coefficient (Wildman–Crippen LogP) is 1.29. The number of hydrogen-bond acceptors (Lipinski definition) is 3. The van der Waals surface area contributed by atoms with Gasteiger partial charge in [0, 0.05) is 25.7 Å². The summed E-state index contributed by atoms with van der Waals surface area (Å²) >= 11 is 0. The fraction of sp³-hybridized carbons (Fsp3) is 0.923. The van der Waals surface area contributed by atoms with Crippen LogP contribution < -0.4 is 0 Å². The van der Waals surface area contributed by atoms with E-state index in [2.05, 4.69) is 0 Å². The summed E-state index contributed by atoms with van der Waals surface area (Å²) in [6.45, 7) is 2.00. The fourth-order valence-corrected chi connectivity index (χ4v) is 5.19. The molecular weight excluding hydrogens is 280 g/mol. The van der Waals surface area contributed by atoms with Crippen molar-refractivity contribution in [2.24, 2.45) is 5.92 Å². The molecule has 0 spiro atoms. The SMILES string of the molecule is CC1C(C(=O)O)CCN1S(=O)(=O)N(C)C1CCCCC1. The summed E-state index contributed by atoms with van der Waals surface area (Å²) in [5.74, 6) is -1.50. The third-order valence-corrected chi connectivity index (χ3v) is 6.90. The van der Waals surface area contributed by atoms with Crippen molar-refractivity contribution in [1.82, 2.24) is 8.61 Å². The van der Waals surface area contributed by atoms with Gasteiger partial charge in [-0.1, -0.05) is 19.3 Å². The van der Waals surface area contributed by atoms with E-state index in [1.54, 1.807) is 14.0 Å². The van der Waals surface area contributed by atoms with Crippen LogP contribution in [0.5, 0.6) is 0 Å². The second-order valence-corrected chi connectivity index (χ2v) is 7.84. The smallest absolute Gasteiger partial charge is 0.308 e. The maximum atomic E-state index is 12.7. The molecule has 1 heterocycles. The summed E-state index contributed by atoms with van der Waals surface area (Å²) in [6, 6.07) is -0.409. The number of hydrogen-bond donors (Lipinski definition) is 1. The molecule has 6 nitrogen and oxygen atoms in total. The zero-order valence-electron chi connectivity index (χ0n) is 12.2. The molecule has 20 heavy (non-hydrogen) atoms. The minimum Gasteiger partial charge on any atom is -0.481 e. The molecule has 2 fully saturated rings. The van der Waals surface area contributed by atoms with Crippen LogP contribution in [0.3, 0.4) is 0 Å². The molecule has 0 aromatic rings. The predicted molar refractivity (Wildman–Crippen MR) is 75.5 cm³/mol. The van der Waals surface area contributed by atoms with Crippen LogP contribution in [-0.2, 0) is 15.0 Å². The summed E-state index contributed by atoms with van der Waals surface area (Å²) in [5.41, 5.74) is 0. The highest BCUT2D eigenvalue weighted by Gasteiger charge is 2.44. The van der Waals surface area contributed by atoms with E-state index in [0.717, 1.165) is 25.7 Å². The maximum Gasteiger partial charge on any atom is 0.308 e. The Labute approximate surface area is 120 Å². The van der Waals surface area contributed by atoms with Gasteiger partial charge in [-0.2, -0.15) is 17.0 Å². The van der Waals surface area contributed by atoms with E-state index in [0.29, 0.717) is 13.0 Å². The first kappa shape index (κ1) is 15.7. The first-order valence-electron chi connectivity index (χ1n) is 7.33. The van der Waals surface area contributed by atoms with Crippen LogP contribution >= 0.6 is 0 Å². The van der Waals surface area contributed by atoms with Gasteiger partial charge in [0.15, 0.2) is 0 Å². The van der Waals surface area contributed by atoms with Crippen molar-refractivity contribution >= 4 is 16.2 Å². The zero-order chi connectivity index (χ0) is 14.9. The van der Waals surface area contributed by atoms with Crippen LogP contribution in [-0.4, -0.2) is 53.8 Å². The van der Waals surface area contributed by atoms with Gasteiger partial charge in [0.2, 0.25) is 0 Å². The van der Waals surface area contributed by atoms with E-state index >= 15 is 0 Å². The summed E-state index contributed by atoms with van der Waals surface area (Å²) in [4.78, 5) is 11.1. The molecule has 0 radical (unpaired) electrons. The average molecular weight is 304 g/mol. The minimum atomic E-state index is -3.55. The van der Waals surface area contributed by atoms with Crippen molar-refractivity contribution in [2.75, 3.05) is 13.6 Å². The lowest BCUT2D eigenvalue weighted by molar-refractivity contribution is -0.142. The van der Waals surface area contributed by atoms with Gasteiger partial charge in [0.25, 0.3) is 10.2 Å². The second kappa shape index (κ2) is 5.99. The molecule has 1 aliphatic carbocycles. The van der Waals surface area contributed by atoms with Crippen molar-refractivity contribution in [1.29, 1.82) is 0 Å². The summed E-state index contributed by atoms with van der Waals surface area (Å²) in [6.07, 6.45) is 5.51. The molecule has 0 aromatic heterocycles. The highest BCUT2D eigenvalue weighted by atomic mass is 32.2. The molecule has 1 aliphatic heterocycles. The Balaban J connectivity index is 2.12. The topological polar surface area (TPSA) is 77.9 Å². The lowest BCUT2D eigenvalue weighted by Gasteiger charge is -2.34. The lowest BCUT2D eigenvalue weighted by atomic mass is 9.96. The zero-order valence-corrected chi connectivity index (χ0v) is 13.0. The van der Waals surface area contributed by atoms with Gasteiger partial charge in [-0.05, 0) is 26.2 Å². The van der Waals surface area contributed by atoms with Crippen LogP contribution in [0.15, 0.2) is 0 Å². The Morgan fingerprint density at radius 3 is 2.30 bits per heavy atom. The molecule has 1 saturated carbocycles. The largest absolute Gasteiger partial charge is 0.481 e. The van der Waals surface area contributed by atoms with Gasteiger partial charge in [-0.3, -0.25) is 4.79 Å². The van der Waals surface area contributed by atoms with Crippen molar-refractivity contribution in [3.63, 3.8) is 0 Å². The van der Waals surface area contributed by atoms with Gasteiger partial charge >= 0.3 is 5.97 Å². The van der Waals surface area contributed by atoms with Crippen molar-refractivity contribution in [3.05, 3.63) is 0 Å². The molecule has 0 bridgehead atoms. The minimum absolute atomic E-state index is 0.0600. The Hall–Kier alpha value is -0.660. The third kappa shape index (κ3) is 2.84. The van der Waals surface area contributed by atoms with Crippen molar-refractivity contribution in [3.8, 4) is 0 Å². The molecule has 7 heteroatoms. The molecule has 1 saturated heterocycles. The fourth-order valence-electron chi connectivity index (χ4n) is 3.37. The van der Waals surface area contributed by atoms with Crippen LogP contribution in [0.1, 0.15) is 45.4 Å². The molecule has 0 aromatic carbocycles. The van der Waals surface area contributed by atoms with E-state index in [4.69, 9.17) is 5.11 Å². The molecule has 2 aliphatic rings. The number of rotatable bonds is 4. The van der Waals surface area contributed by atoms with E-state index in [1.165, 1.54) is 15.0 Å². The normalized spacial score (nSPS) is 29.9. The molecular formula is C13H24N2O4S. The lowest BCUT2D eigenvalue weighted by Crippen LogP contribution is -2.49. The average Bonchev–Trinajstić information content (AvgIpc) is 2.81. The van der Waals surface area contributed by atoms with Crippen molar-refractivity contribution < 1.29 is 18.3 Å². The number of nitrogens with zero attached hydrogens (tertiary/aromatic N) is 2. The Morgan fingerprint density at radius 1 is 1.20 bits per heavy atom. The van der Waals surface area contributed by atoms with E-state index in [1.807, 2.05) is 0 Å². The van der Waals surface area contributed by atoms with Crippen LogP contribution in [0.4, 0.5) is 0 Å². The first-order chi connectivity index (χ1) is 9.35. The van der Waals surface area contributed by atoms with E-state index in [9.17, 15) is 13.2 Å². The van der Waals surface area contributed by atoms with Gasteiger partial charge < -0.3 is 5.11 Å². The monoisotopic (exact) mass is 304 g/mol. The van der Waals surface area contributed by atoms with Crippen LogP contribution in [0.2, 0.25) is 0 Å². The molecule has 0 amide bonds. The second-order valence-electron chi connectivity index (χ2n) is 5.90. The Kier molecular flexibility index (Phi) is 4.71. The first-order valence-corrected chi connectivity index (χ1v) is 8.73. The number of aliphatic carboxylic acids is 1. The molecule has 2 rings (SSSR count). The summed E-state index contributed by atoms with van der Waals surface area (Å²) < 4.78 is 28.2. The quantitative estimate of drug-likeness (QED) is 0.849. The van der Waals surface area contributed by atoms with E-state index in [-0.39, 0.29) is 6.04 Å². The van der Waals surface area contributed by atoms with Crippen LogP contribution in [0.25, 0.3) is 0 Å². The number of carboxylic acids is 1. The molecule has 1 N–H and O–H groups in total. The van der Waals surface area contributed by atoms with Gasteiger partial charge in [-0.15, -0.1) is 0 Å². The number of carbonyl (C=O) groups is 1. The van der Waals surface area contributed by atoms with Crippen molar-refractivity contribution in [2.45, 2.75) is 57.5 Å². The summed E-state index contributed by atoms with van der Waals surface area (Å²) in [5, 5.41) is 9.12.